The molecule has 2 N–H and O–H groups in total. The number of benzene rings is 1. The van der Waals surface area contributed by atoms with Crippen molar-refractivity contribution in [1.29, 1.82) is 0 Å². The van der Waals surface area contributed by atoms with Gasteiger partial charge in [-0.25, -0.2) is 9.37 Å². The Balaban J connectivity index is 1.64. The fourth-order valence-electron chi connectivity index (χ4n) is 4.25. The summed E-state index contributed by atoms with van der Waals surface area (Å²) < 4.78 is 18.6. The SMILES string of the molecule is C=CC(=O)Nc1ccc2c(c1)c1c(n2-c2nc(Nc3cnn(C)c3)ncc2F)CCCC1. The van der Waals surface area contributed by atoms with Gasteiger partial charge in [0.1, 0.15) is 0 Å². The number of carbonyl (C=O) groups is 1. The van der Waals surface area contributed by atoms with E-state index in [1.54, 1.807) is 23.1 Å². The number of amides is 1. The van der Waals surface area contributed by atoms with E-state index in [1.807, 2.05) is 23.7 Å². The Hall–Kier alpha value is -4.01. The quantitative estimate of drug-likeness (QED) is 0.466. The molecule has 0 saturated heterocycles. The summed E-state index contributed by atoms with van der Waals surface area (Å²) in [4.78, 5) is 20.4. The highest BCUT2D eigenvalue weighted by atomic mass is 19.1. The second kappa shape index (κ2) is 7.92. The Kier molecular flexibility index (Phi) is 4.93. The van der Waals surface area contributed by atoms with Crippen LogP contribution in [0.15, 0.2) is 49.4 Å². The first-order chi connectivity index (χ1) is 15.5. The van der Waals surface area contributed by atoms with Gasteiger partial charge in [-0.05, 0) is 55.5 Å². The van der Waals surface area contributed by atoms with Crippen LogP contribution in [0.25, 0.3) is 16.7 Å². The van der Waals surface area contributed by atoms with Gasteiger partial charge < -0.3 is 10.6 Å². The molecule has 32 heavy (non-hydrogen) atoms. The van der Waals surface area contributed by atoms with E-state index in [2.05, 4.69) is 32.3 Å². The molecule has 1 aliphatic rings. The fraction of sp³-hybridized carbons (Fsp3) is 0.217. The largest absolute Gasteiger partial charge is 0.323 e. The molecule has 4 aromatic rings. The highest BCUT2D eigenvalue weighted by molar-refractivity contribution is 6.01. The van der Waals surface area contributed by atoms with Crippen molar-refractivity contribution in [2.45, 2.75) is 25.7 Å². The van der Waals surface area contributed by atoms with Gasteiger partial charge in [0, 0.05) is 30.0 Å². The molecule has 0 bridgehead atoms. The number of aryl methyl sites for hydroxylation is 2. The van der Waals surface area contributed by atoms with Crippen LogP contribution in [-0.4, -0.2) is 30.2 Å². The summed E-state index contributed by atoms with van der Waals surface area (Å²) in [5, 5.41) is 11.0. The number of hydrogen-bond acceptors (Lipinski definition) is 5. The van der Waals surface area contributed by atoms with Crippen LogP contribution in [0.2, 0.25) is 0 Å². The van der Waals surface area contributed by atoms with E-state index in [9.17, 15) is 4.79 Å². The molecule has 0 radical (unpaired) electrons. The normalized spacial score (nSPS) is 13.1. The first-order valence-electron chi connectivity index (χ1n) is 10.4. The van der Waals surface area contributed by atoms with Crippen LogP contribution in [0, 0.1) is 5.82 Å². The molecule has 0 spiro atoms. The zero-order chi connectivity index (χ0) is 22.2. The first-order valence-corrected chi connectivity index (χ1v) is 10.4. The summed E-state index contributed by atoms with van der Waals surface area (Å²) in [6.07, 6.45) is 9.67. The van der Waals surface area contributed by atoms with Gasteiger partial charge in [0.2, 0.25) is 11.9 Å². The van der Waals surface area contributed by atoms with Crippen molar-refractivity contribution in [3.05, 3.63) is 66.5 Å². The Morgan fingerprint density at radius 2 is 2.06 bits per heavy atom. The zero-order valence-electron chi connectivity index (χ0n) is 17.6. The maximum atomic E-state index is 15.0. The maximum Gasteiger partial charge on any atom is 0.247 e. The van der Waals surface area contributed by atoms with Crippen LogP contribution in [-0.2, 0) is 24.7 Å². The second-order valence-electron chi connectivity index (χ2n) is 7.79. The fourth-order valence-corrected chi connectivity index (χ4v) is 4.25. The molecule has 0 unspecified atom stereocenters. The van der Waals surface area contributed by atoms with Gasteiger partial charge in [-0.3, -0.25) is 14.0 Å². The molecule has 9 heteroatoms. The van der Waals surface area contributed by atoms with Crippen molar-refractivity contribution in [2.24, 2.45) is 7.05 Å². The smallest absolute Gasteiger partial charge is 0.247 e. The van der Waals surface area contributed by atoms with Crippen LogP contribution in [0.5, 0.6) is 0 Å². The lowest BCUT2D eigenvalue weighted by Gasteiger charge is -2.16. The number of nitrogens with zero attached hydrogens (tertiary/aromatic N) is 5. The minimum atomic E-state index is -0.504. The molecule has 0 atom stereocenters. The summed E-state index contributed by atoms with van der Waals surface area (Å²) in [6.45, 7) is 3.50. The van der Waals surface area contributed by atoms with Crippen LogP contribution in [0.3, 0.4) is 0 Å². The minimum absolute atomic E-state index is 0.197. The summed E-state index contributed by atoms with van der Waals surface area (Å²) in [5.74, 6) is -0.292. The lowest BCUT2D eigenvalue weighted by Crippen LogP contribution is -2.11. The summed E-state index contributed by atoms with van der Waals surface area (Å²) >= 11 is 0. The molecular formula is C23H22FN7O. The number of rotatable bonds is 5. The molecule has 1 amide bonds. The summed E-state index contributed by atoms with van der Waals surface area (Å²) in [5.41, 5.74) is 4.45. The molecule has 3 aromatic heterocycles. The first kappa shape index (κ1) is 19.9. The molecule has 0 aliphatic heterocycles. The van der Waals surface area contributed by atoms with E-state index >= 15 is 4.39 Å². The standard InChI is InChI=1S/C23H22FN7O/c1-3-21(32)27-14-8-9-20-17(10-14)16-6-4-5-7-19(16)31(20)22-18(24)12-25-23(29-22)28-15-11-26-30(2)13-15/h3,8-13H,1,4-7H2,2H3,(H,27,32)(H,25,28,29). The van der Waals surface area contributed by atoms with Crippen molar-refractivity contribution < 1.29 is 9.18 Å². The summed E-state index contributed by atoms with van der Waals surface area (Å²) in [6, 6.07) is 5.63. The Morgan fingerprint density at radius 1 is 1.22 bits per heavy atom. The predicted octanol–water partition coefficient (Wildman–Crippen LogP) is 4.04. The van der Waals surface area contributed by atoms with Gasteiger partial charge in [-0.15, -0.1) is 0 Å². The maximum absolute atomic E-state index is 15.0. The Labute approximate surface area is 183 Å². The highest BCUT2D eigenvalue weighted by Gasteiger charge is 2.24. The highest BCUT2D eigenvalue weighted by Crippen LogP contribution is 2.36. The number of fused-ring (bicyclic) bond motifs is 3. The zero-order valence-corrected chi connectivity index (χ0v) is 17.6. The number of carbonyl (C=O) groups excluding carboxylic acids is 1. The van der Waals surface area contributed by atoms with Gasteiger partial charge in [0.25, 0.3) is 0 Å². The minimum Gasteiger partial charge on any atom is -0.323 e. The molecule has 3 heterocycles. The van der Waals surface area contributed by atoms with Crippen LogP contribution < -0.4 is 10.6 Å². The molecule has 1 aromatic carbocycles. The number of anilines is 3. The third-order valence-electron chi connectivity index (χ3n) is 5.62. The van der Waals surface area contributed by atoms with Gasteiger partial charge in [-0.2, -0.15) is 10.1 Å². The molecule has 0 saturated carbocycles. The molecular weight excluding hydrogens is 409 g/mol. The molecule has 162 valence electrons. The van der Waals surface area contributed by atoms with E-state index < -0.39 is 5.82 Å². The predicted molar refractivity (Wildman–Crippen MR) is 121 cm³/mol. The Bertz CT molecular complexity index is 1350. The van der Waals surface area contributed by atoms with E-state index in [0.29, 0.717) is 11.4 Å². The topological polar surface area (TPSA) is 89.7 Å². The molecule has 1 aliphatic carbocycles. The molecule has 5 rings (SSSR count). The lowest BCUT2D eigenvalue weighted by molar-refractivity contribution is -0.111. The molecule has 0 fully saturated rings. The average Bonchev–Trinajstić information content (AvgIpc) is 3.35. The molecule has 8 nitrogen and oxygen atoms in total. The van der Waals surface area contributed by atoms with E-state index in [4.69, 9.17) is 0 Å². The van der Waals surface area contributed by atoms with Gasteiger partial charge in [-0.1, -0.05) is 6.58 Å². The number of nitrogens with one attached hydrogen (secondary N) is 2. The van der Waals surface area contributed by atoms with Crippen molar-refractivity contribution >= 4 is 34.1 Å². The van der Waals surface area contributed by atoms with Crippen LogP contribution in [0.1, 0.15) is 24.1 Å². The third-order valence-corrected chi connectivity index (χ3v) is 5.62. The van der Waals surface area contributed by atoms with Gasteiger partial charge >= 0.3 is 0 Å². The van der Waals surface area contributed by atoms with E-state index in [1.165, 1.54) is 17.8 Å². The second-order valence-corrected chi connectivity index (χ2v) is 7.79. The third kappa shape index (κ3) is 3.51. The average molecular weight is 431 g/mol. The van der Waals surface area contributed by atoms with Crippen molar-refractivity contribution in [3.8, 4) is 5.82 Å². The van der Waals surface area contributed by atoms with E-state index in [0.717, 1.165) is 42.3 Å². The van der Waals surface area contributed by atoms with Crippen LogP contribution >= 0.6 is 0 Å². The number of hydrogen-bond donors (Lipinski definition) is 2. The number of aromatic nitrogens is 5. The summed E-state index contributed by atoms with van der Waals surface area (Å²) in [7, 11) is 1.81. The number of halogens is 1. The van der Waals surface area contributed by atoms with Crippen molar-refractivity contribution in [3.63, 3.8) is 0 Å². The van der Waals surface area contributed by atoms with Crippen LogP contribution in [0.4, 0.5) is 21.7 Å². The Morgan fingerprint density at radius 3 is 2.84 bits per heavy atom. The lowest BCUT2D eigenvalue weighted by atomic mass is 9.95. The van der Waals surface area contributed by atoms with Gasteiger partial charge in [0.15, 0.2) is 11.6 Å². The van der Waals surface area contributed by atoms with Gasteiger partial charge in [0.05, 0.1) is 23.6 Å². The van der Waals surface area contributed by atoms with Crippen molar-refractivity contribution in [1.82, 2.24) is 24.3 Å². The monoisotopic (exact) mass is 431 g/mol. The van der Waals surface area contributed by atoms with Crippen molar-refractivity contribution in [2.75, 3.05) is 10.6 Å². The van der Waals surface area contributed by atoms with E-state index in [-0.39, 0.29) is 17.7 Å².